The van der Waals surface area contributed by atoms with E-state index >= 15 is 0 Å². The first-order valence-corrected chi connectivity index (χ1v) is 14.4. The molecule has 3 heterocycles. The summed E-state index contributed by atoms with van der Waals surface area (Å²) in [6.45, 7) is 6.25. The van der Waals surface area contributed by atoms with Gasteiger partial charge in [-0.15, -0.1) is 0 Å². The molecule has 6 rings (SSSR count). The van der Waals surface area contributed by atoms with Crippen molar-refractivity contribution in [3.63, 3.8) is 0 Å². The number of aromatic nitrogens is 2. The van der Waals surface area contributed by atoms with Crippen molar-refractivity contribution in [1.82, 2.24) is 14.5 Å². The lowest BCUT2D eigenvalue weighted by Gasteiger charge is -2.40. The monoisotopic (exact) mass is 577 g/mol. The molecule has 7 nitrogen and oxygen atoms in total. The number of fused-ring (bicyclic) bond motifs is 1. The maximum atomic E-state index is 14.3. The number of nitrogens with zero attached hydrogens (tertiary/aromatic N) is 3. The number of likely N-dealkylation sites (tertiary alicyclic amines) is 1. The molecule has 214 valence electrons. The van der Waals surface area contributed by atoms with Crippen LogP contribution in [0, 0.1) is 5.82 Å². The first kappa shape index (κ1) is 27.7. The van der Waals surface area contributed by atoms with E-state index in [4.69, 9.17) is 26.1 Å². The van der Waals surface area contributed by atoms with Gasteiger partial charge >= 0.3 is 5.97 Å². The summed E-state index contributed by atoms with van der Waals surface area (Å²) >= 11 is 5.90. The number of imidazole rings is 1. The van der Waals surface area contributed by atoms with E-state index in [1.54, 1.807) is 30.3 Å². The van der Waals surface area contributed by atoms with Crippen LogP contribution >= 0.6 is 11.6 Å². The number of piperidine rings is 1. The van der Waals surface area contributed by atoms with Crippen LogP contribution in [-0.4, -0.2) is 51.3 Å². The summed E-state index contributed by atoms with van der Waals surface area (Å²) in [6, 6.07) is 17.8. The number of ether oxygens (including phenoxy) is 2. The molecule has 0 amide bonds. The average molecular weight is 578 g/mol. The van der Waals surface area contributed by atoms with E-state index in [9.17, 15) is 14.3 Å². The van der Waals surface area contributed by atoms with Gasteiger partial charge in [-0.25, -0.2) is 14.2 Å². The summed E-state index contributed by atoms with van der Waals surface area (Å²) in [5.41, 5.74) is 3.39. The van der Waals surface area contributed by atoms with Crippen LogP contribution in [0.4, 0.5) is 4.39 Å². The summed E-state index contributed by atoms with van der Waals surface area (Å²) < 4.78 is 28.3. The van der Waals surface area contributed by atoms with E-state index in [-0.39, 0.29) is 29.5 Å². The molecule has 3 aromatic carbocycles. The second-order valence-corrected chi connectivity index (χ2v) is 11.7. The molecule has 2 saturated heterocycles. The van der Waals surface area contributed by atoms with Crippen molar-refractivity contribution >= 4 is 28.6 Å². The SMILES string of the molecule is CC1(c2ccccc2OCc2ccc(Cl)cc2F)CCN(Cc2nc3ccc(C(=O)O)cc3n2C[C@@H]2CCO2)CC1. The molecule has 0 aliphatic carbocycles. The predicted octanol–water partition coefficient (Wildman–Crippen LogP) is 6.45. The predicted molar refractivity (Wildman–Crippen MR) is 155 cm³/mol. The Bertz CT molecular complexity index is 1580. The van der Waals surface area contributed by atoms with Gasteiger partial charge < -0.3 is 19.1 Å². The minimum absolute atomic E-state index is 0.0953. The molecule has 9 heteroatoms. The van der Waals surface area contributed by atoms with Crippen LogP contribution in [0.25, 0.3) is 11.0 Å². The quantitative estimate of drug-likeness (QED) is 0.246. The molecule has 0 radical (unpaired) electrons. The van der Waals surface area contributed by atoms with Crippen LogP contribution in [-0.2, 0) is 29.8 Å². The Kier molecular flexibility index (Phi) is 7.72. The van der Waals surface area contributed by atoms with E-state index in [0.717, 1.165) is 67.1 Å². The molecule has 2 aliphatic heterocycles. The number of aromatic carboxylic acids is 1. The number of halogens is 2. The van der Waals surface area contributed by atoms with Gasteiger partial charge in [0.25, 0.3) is 0 Å². The number of carbonyl (C=O) groups is 1. The standard InChI is InChI=1S/C32H33ClFN3O4/c1-32(25-4-2-3-5-29(25)41-20-22-6-8-23(33)17-26(22)34)11-13-36(14-12-32)19-30-35-27-9-7-21(31(38)39)16-28(27)37(30)18-24-10-15-40-24/h2-9,16-17,24H,10-15,18-20H2,1H3,(H,38,39)/t24-/m0/s1. The van der Waals surface area contributed by atoms with Crippen LogP contribution in [0.2, 0.25) is 5.02 Å². The highest BCUT2D eigenvalue weighted by atomic mass is 35.5. The van der Waals surface area contributed by atoms with Crippen molar-refractivity contribution in [2.45, 2.75) is 57.4 Å². The number of benzene rings is 3. The molecule has 41 heavy (non-hydrogen) atoms. The van der Waals surface area contributed by atoms with E-state index in [2.05, 4.69) is 22.5 Å². The van der Waals surface area contributed by atoms with E-state index in [0.29, 0.717) is 23.7 Å². The summed E-state index contributed by atoms with van der Waals surface area (Å²) in [6.07, 6.45) is 2.98. The Morgan fingerprint density at radius 2 is 1.95 bits per heavy atom. The molecule has 1 atom stereocenters. The Labute approximate surface area is 243 Å². The highest BCUT2D eigenvalue weighted by Crippen LogP contribution is 2.40. The number of carboxylic acids is 1. The zero-order valence-electron chi connectivity index (χ0n) is 23.0. The van der Waals surface area contributed by atoms with Gasteiger partial charge in [0.05, 0.1) is 35.8 Å². The van der Waals surface area contributed by atoms with E-state index in [1.807, 2.05) is 18.2 Å². The van der Waals surface area contributed by atoms with Gasteiger partial charge in [-0.2, -0.15) is 0 Å². The zero-order valence-corrected chi connectivity index (χ0v) is 23.7. The lowest BCUT2D eigenvalue weighted by molar-refractivity contribution is -0.0592. The largest absolute Gasteiger partial charge is 0.488 e. The molecule has 0 bridgehead atoms. The van der Waals surface area contributed by atoms with Gasteiger partial charge in [-0.1, -0.05) is 42.8 Å². The van der Waals surface area contributed by atoms with Crippen LogP contribution in [0.5, 0.6) is 5.75 Å². The van der Waals surface area contributed by atoms with Gasteiger partial charge in [0, 0.05) is 22.8 Å². The molecule has 2 aliphatic rings. The van der Waals surface area contributed by atoms with Crippen LogP contribution in [0.3, 0.4) is 0 Å². The Hall–Kier alpha value is -3.46. The minimum atomic E-state index is -0.945. The lowest BCUT2D eigenvalue weighted by atomic mass is 9.74. The van der Waals surface area contributed by atoms with Crippen molar-refractivity contribution in [2.24, 2.45) is 0 Å². The van der Waals surface area contributed by atoms with Crippen LogP contribution in [0.15, 0.2) is 60.7 Å². The third kappa shape index (κ3) is 5.82. The molecule has 0 unspecified atom stereocenters. The Morgan fingerprint density at radius 3 is 2.66 bits per heavy atom. The van der Waals surface area contributed by atoms with Crippen LogP contribution < -0.4 is 4.74 Å². The second kappa shape index (κ2) is 11.4. The fraction of sp³-hybridized carbons (Fsp3) is 0.375. The maximum absolute atomic E-state index is 14.3. The number of carboxylic acid groups (broad SMARTS) is 1. The number of rotatable bonds is 9. The minimum Gasteiger partial charge on any atom is -0.488 e. The van der Waals surface area contributed by atoms with E-state index in [1.165, 1.54) is 6.07 Å². The third-order valence-corrected chi connectivity index (χ3v) is 8.75. The zero-order chi connectivity index (χ0) is 28.6. The van der Waals surface area contributed by atoms with Crippen molar-refractivity contribution in [3.8, 4) is 5.75 Å². The molecular weight excluding hydrogens is 545 g/mol. The maximum Gasteiger partial charge on any atom is 0.335 e. The number of hydrogen-bond donors (Lipinski definition) is 1. The first-order chi connectivity index (χ1) is 19.8. The van der Waals surface area contributed by atoms with Gasteiger partial charge in [0.15, 0.2) is 0 Å². The van der Waals surface area contributed by atoms with E-state index < -0.39 is 5.97 Å². The van der Waals surface area contributed by atoms with Gasteiger partial charge in [-0.3, -0.25) is 4.90 Å². The summed E-state index contributed by atoms with van der Waals surface area (Å²) in [7, 11) is 0. The summed E-state index contributed by atoms with van der Waals surface area (Å²) in [5.74, 6) is 0.382. The smallest absolute Gasteiger partial charge is 0.335 e. The molecule has 4 aromatic rings. The molecule has 1 N–H and O–H groups in total. The Morgan fingerprint density at radius 1 is 1.17 bits per heavy atom. The first-order valence-electron chi connectivity index (χ1n) is 14.0. The highest BCUT2D eigenvalue weighted by Gasteiger charge is 2.34. The average Bonchev–Trinajstić information content (AvgIpc) is 3.27. The Balaban J connectivity index is 1.17. The normalized spacial score (nSPS) is 18.8. The fourth-order valence-electron chi connectivity index (χ4n) is 5.82. The highest BCUT2D eigenvalue weighted by molar-refractivity contribution is 6.30. The topological polar surface area (TPSA) is 76.8 Å². The van der Waals surface area contributed by atoms with Gasteiger partial charge in [-0.05, 0) is 74.2 Å². The summed E-state index contributed by atoms with van der Waals surface area (Å²) in [4.78, 5) is 18.9. The number of hydrogen-bond acceptors (Lipinski definition) is 5. The van der Waals surface area contributed by atoms with Gasteiger partial charge in [0.1, 0.15) is 24.0 Å². The van der Waals surface area contributed by atoms with Crippen molar-refractivity contribution in [3.05, 3.63) is 94.0 Å². The molecule has 0 spiro atoms. The van der Waals surface area contributed by atoms with Gasteiger partial charge in [0.2, 0.25) is 0 Å². The fourth-order valence-corrected chi connectivity index (χ4v) is 5.98. The van der Waals surface area contributed by atoms with Crippen LogP contribution in [0.1, 0.15) is 53.5 Å². The van der Waals surface area contributed by atoms with Crippen molar-refractivity contribution in [2.75, 3.05) is 19.7 Å². The molecular formula is C32H33ClFN3O4. The second-order valence-electron chi connectivity index (χ2n) is 11.3. The molecule has 0 saturated carbocycles. The number of para-hydroxylation sites is 1. The molecule has 2 fully saturated rings. The van der Waals surface area contributed by atoms with Crippen molar-refractivity contribution in [1.29, 1.82) is 0 Å². The third-order valence-electron chi connectivity index (χ3n) is 8.51. The summed E-state index contributed by atoms with van der Waals surface area (Å²) in [5, 5.41) is 9.89. The molecule has 1 aromatic heterocycles. The lowest BCUT2D eigenvalue weighted by Crippen LogP contribution is -2.41. The van der Waals surface area contributed by atoms with Crippen molar-refractivity contribution < 1.29 is 23.8 Å².